The maximum atomic E-state index is 12.7. The van der Waals surface area contributed by atoms with Gasteiger partial charge in [-0.2, -0.15) is 0 Å². The zero-order valence-electron chi connectivity index (χ0n) is 19.1. The summed E-state index contributed by atoms with van der Waals surface area (Å²) >= 11 is 13.2. The molecule has 0 aromatic heterocycles. The Hall–Kier alpha value is -2.84. The summed E-state index contributed by atoms with van der Waals surface area (Å²) in [4.78, 5) is 25.1. The number of nitrogens with zero attached hydrogens (tertiary/aromatic N) is 1. The number of ether oxygens (including phenoxy) is 3. The monoisotopic (exact) mass is 543 g/mol. The van der Waals surface area contributed by atoms with Crippen molar-refractivity contribution < 1.29 is 23.8 Å². The van der Waals surface area contributed by atoms with Gasteiger partial charge < -0.3 is 14.2 Å². The minimum absolute atomic E-state index is 0.0818. The summed E-state index contributed by atoms with van der Waals surface area (Å²) in [6.07, 6.45) is 0.417. The van der Waals surface area contributed by atoms with E-state index in [1.807, 2.05) is 30.3 Å². The summed E-state index contributed by atoms with van der Waals surface area (Å²) < 4.78 is 21.6. The molecule has 186 valence electrons. The van der Waals surface area contributed by atoms with Crippen LogP contribution in [0, 0.1) is 0 Å². The Labute approximate surface area is 223 Å². The quantitative estimate of drug-likeness (QED) is 0.175. The van der Waals surface area contributed by atoms with E-state index in [1.54, 1.807) is 54.7 Å². The predicted molar refractivity (Wildman–Crippen MR) is 142 cm³/mol. The Morgan fingerprint density at radius 3 is 2.17 bits per heavy atom. The third-order valence-corrected chi connectivity index (χ3v) is 6.64. The van der Waals surface area contributed by atoms with Crippen LogP contribution in [-0.4, -0.2) is 43.1 Å². The van der Waals surface area contributed by atoms with E-state index in [0.29, 0.717) is 27.6 Å². The molecule has 9 heteroatoms. The third kappa shape index (κ3) is 7.58. The highest BCUT2D eigenvalue weighted by atomic mass is 35.5. The fourth-order valence-corrected chi connectivity index (χ4v) is 4.42. The molecule has 3 unspecified atom stereocenters. The molecule has 36 heavy (non-hydrogen) atoms. The first-order valence-electron chi connectivity index (χ1n) is 11.2. The van der Waals surface area contributed by atoms with Crippen LogP contribution < -0.4 is 0 Å². The summed E-state index contributed by atoms with van der Waals surface area (Å²) in [5.41, 5.74) is 1.89. The molecule has 3 aromatic carbocycles. The normalized spacial score (nSPS) is 19.3. The molecular formula is C27H23Cl2NO5S. The molecule has 1 heterocycles. The molecule has 1 aliphatic rings. The van der Waals surface area contributed by atoms with Crippen LogP contribution in [0.4, 0.5) is 0 Å². The highest BCUT2D eigenvalue weighted by Crippen LogP contribution is 2.26. The molecule has 4 rings (SSSR count). The van der Waals surface area contributed by atoms with Crippen LogP contribution in [0.5, 0.6) is 0 Å². The van der Waals surface area contributed by atoms with Gasteiger partial charge in [0.25, 0.3) is 0 Å². The van der Waals surface area contributed by atoms with Crippen molar-refractivity contribution in [1.82, 2.24) is 0 Å². The second-order valence-corrected chi connectivity index (χ2v) is 9.65. The fourth-order valence-electron chi connectivity index (χ4n) is 3.53. The van der Waals surface area contributed by atoms with Crippen molar-refractivity contribution in [2.45, 2.75) is 30.5 Å². The molecule has 0 spiro atoms. The molecule has 1 fully saturated rings. The highest BCUT2D eigenvalue weighted by molar-refractivity contribution is 7.97. The molecule has 1 aliphatic heterocycles. The van der Waals surface area contributed by atoms with Crippen molar-refractivity contribution >= 4 is 53.3 Å². The number of carbonyl (C=O) groups is 2. The lowest BCUT2D eigenvalue weighted by molar-refractivity contribution is -0.0332. The molecule has 0 amide bonds. The molecule has 1 saturated heterocycles. The van der Waals surface area contributed by atoms with E-state index < -0.39 is 30.3 Å². The van der Waals surface area contributed by atoms with E-state index in [1.165, 1.54) is 11.9 Å². The summed E-state index contributed by atoms with van der Waals surface area (Å²) in [6.45, 7) is -0.0818. The summed E-state index contributed by atoms with van der Waals surface area (Å²) in [7, 11) is 0. The first-order chi connectivity index (χ1) is 17.5. The van der Waals surface area contributed by atoms with Gasteiger partial charge in [0.2, 0.25) is 0 Å². The number of esters is 2. The molecule has 6 nitrogen and oxygen atoms in total. The van der Waals surface area contributed by atoms with Gasteiger partial charge >= 0.3 is 11.9 Å². The zero-order chi connectivity index (χ0) is 25.3. The molecule has 0 N–H and O–H groups in total. The van der Waals surface area contributed by atoms with Crippen LogP contribution in [0.25, 0.3) is 0 Å². The number of hydrogen-bond acceptors (Lipinski definition) is 7. The van der Waals surface area contributed by atoms with Gasteiger partial charge in [-0.1, -0.05) is 53.5 Å². The van der Waals surface area contributed by atoms with Gasteiger partial charge in [0.05, 0.1) is 17.2 Å². The third-order valence-electron chi connectivity index (χ3n) is 5.40. The lowest BCUT2D eigenvalue weighted by Crippen LogP contribution is -2.32. The van der Waals surface area contributed by atoms with Crippen molar-refractivity contribution in [1.29, 1.82) is 0 Å². The molecular weight excluding hydrogens is 521 g/mol. The van der Waals surface area contributed by atoms with E-state index in [9.17, 15) is 9.59 Å². The molecule has 3 aromatic rings. The highest BCUT2D eigenvalue weighted by Gasteiger charge is 2.38. The second-order valence-electron chi connectivity index (χ2n) is 8.02. The molecule has 0 radical (unpaired) electrons. The first kappa shape index (κ1) is 26.2. The fraction of sp³-hybridized carbons (Fsp3) is 0.222. The zero-order valence-corrected chi connectivity index (χ0v) is 21.4. The SMILES string of the molecule is O=C(OCC1OC(C=NSCc2ccccc2)CC1OC(=O)c1ccc(Cl)cc1)c1ccc(Cl)cc1. The van der Waals surface area contributed by atoms with Crippen LogP contribution in [-0.2, 0) is 20.0 Å². The van der Waals surface area contributed by atoms with E-state index >= 15 is 0 Å². The minimum atomic E-state index is -0.645. The van der Waals surface area contributed by atoms with Crippen LogP contribution in [0.2, 0.25) is 10.0 Å². The van der Waals surface area contributed by atoms with Gasteiger partial charge in [0.1, 0.15) is 18.8 Å². The Bertz CT molecular complexity index is 1190. The smallest absolute Gasteiger partial charge is 0.338 e. The van der Waals surface area contributed by atoms with E-state index in [-0.39, 0.29) is 6.61 Å². The number of benzene rings is 3. The standard InChI is InChI=1S/C27H23Cl2NO5S/c28-21-10-6-19(7-11-21)26(31)33-16-25-24(35-27(32)20-8-12-22(29)13-9-20)14-23(34-25)15-30-36-17-18-4-2-1-3-5-18/h1-13,15,23-25H,14,16-17H2. The number of halogens is 2. The van der Waals surface area contributed by atoms with Crippen LogP contribution in [0.15, 0.2) is 83.3 Å². The van der Waals surface area contributed by atoms with Crippen LogP contribution in [0.3, 0.4) is 0 Å². The van der Waals surface area contributed by atoms with Gasteiger partial charge in [-0.15, -0.1) is 0 Å². The lowest BCUT2D eigenvalue weighted by Gasteiger charge is -2.19. The van der Waals surface area contributed by atoms with Gasteiger partial charge in [-0.3, -0.25) is 0 Å². The van der Waals surface area contributed by atoms with Crippen molar-refractivity contribution in [3.05, 3.63) is 106 Å². The number of rotatable bonds is 9. The average molecular weight is 544 g/mol. The molecule has 0 bridgehead atoms. The van der Waals surface area contributed by atoms with Crippen molar-refractivity contribution in [3.8, 4) is 0 Å². The Morgan fingerprint density at radius 1 is 0.917 bits per heavy atom. The number of hydrogen-bond donors (Lipinski definition) is 0. The number of carbonyl (C=O) groups excluding carboxylic acids is 2. The Morgan fingerprint density at radius 2 is 1.53 bits per heavy atom. The van der Waals surface area contributed by atoms with Crippen molar-refractivity contribution in [3.63, 3.8) is 0 Å². The first-order valence-corrected chi connectivity index (χ1v) is 12.9. The van der Waals surface area contributed by atoms with Gasteiger partial charge in [-0.05, 0) is 66.0 Å². The van der Waals surface area contributed by atoms with E-state index in [2.05, 4.69) is 4.40 Å². The predicted octanol–water partition coefficient (Wildman–Crippen LogP) is 6.45. The van der Waals surface area contributed by atoms with Crippen molar-refractivity contribution in [2.75, 3.05) is 6.61 Å². The largest absolute Gasteiger partial charge is 0.459 e. The summed E-state index contributed by atoms with van der Waals surface area (Å²) in [5, 5.41) is 1.04. The summed E-state index contributed by atoms with van der Waals surface area (Å²) in [6, 6.07) is 22.8. The topological polar surface area (TPSA) is 74.2 Å². The minimum Gasteiger partial charge on any atom is -0.459 e. The van der Waals surface area contributed by atoms with Gasteiger partial charge in [0.15, 0.2) is 0 Å². The maximum Gasteiger partial charge on any atom is 0.338 e. The second kappa shape index (κ2) is 12.9. The maximum absolute atomic E-state index is 12.7. The Kier molecular flexibility index (Phi) is 9.41. The van der Waals surface area contributed by atoms with E-state index in [4.69, 9.17) is 37.4 Å². The average Bonchev–Trinajstić information content (AvgIpc) is 3.27. The van der Waals surface area contributed by atoms with Crippen LogP contribution >= 0.6 is 35.1 Å². The summed E-state index contributed by atoms with van der Waals surface area (Å²) in [5.74, 6) is -0.305. The van der Waals surface area contributed by atoms with Crippen molar-refractivity contribution in [2.24, 2.45) is 4.40 Å². The molecule has 3 atom stereocenters. The van der Waals surface area contributed by atoms with Gasteiger partial charge in [0, 0.05) is 28.4 Å². The van der Waals surface area contributed by atoms with Gasteiger partial charge in [-0.25, -0.2) is 14.0 Å². The molecule has 0 saturated carbocycles. The lowest BCUT2D eigenvalue weighted by atomic mass is 10.1. The van der Waals surface area contributed by atoms with Crippen LogP contribution in [0.1, 0.15) is 32.7 Å². The Balaban J connectivity index is 1.38. The van der Waals surface area contributed by atoms with E-state index in [0.717, 1.165) is 11.3 Å². The molecule has 0 aliphatic carbocycles.